The lowest BCUT2D eigenvalue weighted by Crippen LogP contribution is -2.32. The van der Waals surface area contributed by atoms with Gasteiger partial charge in [0.2, 0.25) is 0 Å². The van der Waals surface area contributed by atoms with Crippen molar-refractivity contribution >= 4 is 58.0 Å². The molecule has 0 bridgehead atoms. The van der Waals surface area contributed by atoms with Crippen LogP contribution < -0.4 is 15.5 Å². The van der Waals surface area contributed by atoms with Crippen molar-refractivity contribution in [3.8, 4) is 0 Å². The lowest BCUT2D eigenvalue weighted by molar-refractivity contribution is -0.120. The van der Waals surface area contributed by atoms with Gasteiger partial charge in [-0.2, -0.15) is 0 Å². The van der Waals surface area contributed by atoms with Crippen LogP contribution in [0.4, 0.5) is 21.5 Å². The second-order valence-corrected chi connectivity index (χ2v) is 9.00. The lowest BCUT2D eigenvalue weighted by atomic mass is 10.1. The van der Waals surface area contributed by atoms with E-state index in [1.165, 1.54) is 12.1 Å². The highest BCUT2D eigenvalue weighted by Gasteiger charge is 2.39. The zero-order chi connectivity index (χ0) is 25.4. The molecule has 6 nitrogen and oxygen atoms in total. The molecule has 3 amide bonds. The third kappa shape index (κ3) is 4.92. The molecule has 178 valence electrons. The number of anilines is 3. The van der Waals surface area contributed by atoms with Gasteiger partial charge in [-0.05, 0) is 79.9 Å². The van der Waals surface area contributed by atoms with E-state index in [1.54, 1.807) is 25.1 Å². The lowest BCUT2D eigenvalue weighted by Gasteiger charge is -2.16. The summed E-state index contributed by atoms with van der Waals surface area (Å²) in [5.41, 5.74) is 4.10. The van der Waals surface area contributed by atoms with Gasteiger partial charge < -0.3 is 10.6 Å². The fourth-order valence-electron chi connectivity index (χ4n) is 3.75. The molecule has 1 heterocycles. The van der Waals surface area contributed by atoms with Crippen molar-refractivity contribution < 1.29 is 18.8 Å². The number of hydrogen-bond acceptors (Lipinski definition) is 4. The molecule has 2 N–H and O–H groups in total. The summed E-state index contributed by atoms with van der Waals surface area (Å²) in [5, 5.41) is 5.19. The third-order valence-corrected chi connectivity index (χ3v) is 6.07. The maximum atomic E-state index is 13.5. The zero-order valence-electron chi connectivity index (χ0n) is 19.0. The molecular weight excluding hydrogens is 492 g/mol. The van der Waals surface area contributed by atoms with E-state index in [0.29, 0.717) is 22.5 Å². The van der Waals surface area contributed by atoms with Crippen LogP contribution in [0.3, 0.4) is 0 Å². The van der Waals surface area contributed by atoms with Crippen LogP contribution in [0.15, 0.2) is 65.3 Å². The average molecular weight is 512 g/mol. The molecule has 9 heteroatoms. The Morgan fingerprint density at radius 1 is 0.886 bits per heavy atom. The van der Waals surface area contributed by atoms with E-state index >= 15 is 0 Å². The summed E-state index contributed by atoms with van der Waals surface area (Å²) >= 11 is 12.0. The number of rotatable bonds is 5. The van der Waals surface area contributed by atoms with Crippen molar-refractivity contribution in [2.45, 2.75) is 20.8 Å². The maximum absolute atomic E-state index is 13.5. The summed E-state index contributed by atoms with van der Waals surface area (Å²) in [6, 6.07) is 14.2. The van der Waals surface area contributed by atoms with Gasteiger partial charge in [0.05, 0.1) is 10.7 Å². The molecule has 0 radical (unpaired) electrons. The molecule has 0 aliphatic carbocycles. The van der Waals surface area contributed by atoms with E-state index in [4.69, 9.17) is 23.2 Å². The van der Waals surface area contributed by atoms with Gasteiger partial charge in [-0.1, -0.05) is 35.3 Å². The van der Waals surface area contributed by atoms with Gasteiger partial charge in [0.15, 0.2) is 0 Å². The van der Waals surface area contributed by atoms with Crippen molar-refractivity contribution in [1.82, 2.24) is 0 Å². The second kappa shape index (κ2) is 9.52. The van der Waals surface area contributed by atoms with Crippen molar-refractivity contribution in [3.63, 3.8) is 0 Å². The molecule has 3 aromatic rings. The molecule has 35 heavy (non-hydrogen) atoms. The molecule has 0 unspecified atom stereocenters. The largest absolute Gasteiger partial charge is 0.349 e. The minimum atomic E-state index is -0.775. The summed E-state index contributed by atoms with van der Waals surface area (Å²) in [6.45, 7) is 5.66. The molecule has 1 aliphatic heterocycles. The minimum absolute atomic E-state index is 0.0830. The quantitative estimate of drug-likeness (QED) is 0.406. The SMILES string of the molecule is Cc1cc(C)cc(NC(=O)c2ccc(C)c(NC3=C(Cl)C(=O)N(c4ccc(F)c(Cl)c4)C3=O)c2)c1. The van der Waals surface area contributed by atoms with Crippen molar-refractivity contribution in [2.75, 3.05) is 15.5 Å². The Morgan fingerprint density at radius 2 is 1.57 bits per heavy atom. The Morgan fingerprint density at radius 3 is 2.23 bits per heavy atom. The molecule has 0 saturated carbocycles. The standard InChI is InChI=1S/C26H20Cl2FN3O3/c1-13-8-14(2)10-17(9-13)30-24(33)16-5-4-15(3)21(11-16)31-23-22(28)25(34)32(26(23)35)18-6-7-20(29)19(27)12-18/h4-12,31H,1-3H3,(H,30,33). The van der Waals surface area contributed by atoms with Gasteiger partial charge in [0.1, 0.15) is 16.5 Å². The Balaban J connectivity index is 1.59. The number of imide groups is 1. The van der Waals surface area contributed by atoms with E-state index in [2.05, 4.69) is 10.6 Å². The van der Waals surface area contributed by atoms with Gasteiger partial charge in [-0.25, -0.2) is 9.29 Å². The smallest absolute Gasteiger partial charge is 0.283 e. The summed E-state index contributed by atoms with van der Waals surface area (Å²) in [7, 11) is 0. The maximum Gasteiger partial charge on any atom is 0.283 e. The molecule has 0 aromatic heterocycles. The molecule has 3 aromatic carbocycles. The molecule has 0 fully saturated rings. The van der Waals surface area contributed by atoms with E-state index in [1.807, 2.05) is 32.0 Å². The van der Waals surface area contributed by atoms with Crippen LogP contribution in [0, 0.1) is 26.6 Å². The first kappa shape index (κ1) is 24.4. The van der Waals surface area contributed by atoms with Gasteiger partial charge in [0, 0.05) is 16.9 Å². The number of carbonyl (C=O) groups is 3. The van der Waals surface area contributed by atoms with E-state index in [9.17, 15) is 18.8 Å². The minimum Gasteiger partial charge on any atom is -0.349 e. The molecule has 4 rings (SSSR count). The fourth-order valence-corrected chi connectivity index (χ4v) is 4.14. The van der Waals surface area contributed by atoms with Crippen LogP contribution >= 0.6 is 23.2 Å². The van der Waals surface area contributed by atoms with Gasteiger partial charge in [0.25, 0.3) is 17.7 Å². The Labute approximate surface area is 211 Å². The van der Waals surface area contributed by atoms with E-state index < -0.39 is 17.6 Å². The number of halogens is 3. The number of nitrogens with zero attached hydrogens (tertiary/aromatic N) is 1. The number of hydrogen-bond donors (Lipinski definition) is 2. The van der Waals surface area contributed by atoms with Gasteiger partial charge >= 0.3 is 0 Å². The topological polar surface area (TPSA) is 78.5 Å². The Bertz CT molecular complexity index is 1420. The van der Waals surface area contributed by atoms with Crippen LogP contribution in [0.25, 0.3) is 0 Å². The highest BCUT2D eigenvalue weighted by atomic mass is 35.5. The number of benzene rings is 3. The molecule has 1 aliphatic rings. The molecule has 0 atom stereocenters. The highest BCUT2D eigenvalue weighted by molar-refractivity contribution is 6.53. The predicted octanol–water partition coefficient (Wildman–Crippen LogP) is 6.09. The summed E-state index contributed by atoms with van der Waals surface area (Å²) in [6.07, 6.45) is 0. The first-order valence-electron chi connectivity index (χ1n) is 10.6. The molecule has 0 spiro atoms. The fraction of sp³-hybridized carbons (Fsp3) is 0.115. The monoisotopic (exact) mass is 511 g/mol. The van der Waals surface area contributed by atoms with Crippen LogP contribution in [0.2, 0.25) is 5.02 Å². The number of aryl methyl sites for hydroxylation is 3. The number of nitrogens with one attached hydrogen (secondary N) is 2. The average Bonchev–Trinajstić information content (AvgIpc) is 2.99. The van der Waals surface area contributed by atoms with Gasteiger partial charge in [-0.15, -0.1) is 0 Å². The van der Waals surface area contributed by atoms with Crippen molar-refractivity contribution in [1.29, 1.82) is 0 Å². The second-order valence-electron chi connectivity index (χ2n) is 8.22. The number of amides is 3. The van der Waals surface area contributed by atoms with Crippen LogP contribution in [0.5, 0.6) is 0 Å². The predicted molar refractivity (Wildman–Crippen MR) is 135 cm³/mol. The first-order chi connectivity index (χ1) is 16.5. The van der Waals surface area contributed by atoms with Gasteiger partial charge in [-0.3, -0.25) is 14.4 Å². The van der Waals surface area contributed by atoms with Crippen molar-refractivity contribution in [3.05, 3.63) is 98.4 Å². The summed E-state index contributed by atoms with van der Waals surface area (Å²) < 4.78 is 13.5. The van der Waals surface area contributed by atoms with Crippen LogP contribution in [-0.2, 0) is 9.59 Å². The first-order valence-corrected chi connectivity index (χ1v) is 11.3. The summed E-state index contributed by atoms with van der Waals surface area (Å²) in [4.78, 5) is 39.4. The normalized spacial score (nSPS) is 13.5. The molecule has 0 saturated heterocycles. The van der Waals surface area contributed by atoms with Crippen molar-refractivity contribution in [2.24, 2.45) is 0 Å². The van der Waals surface area contributed by atoms with E-state index in [-0.39, 0.29) is 27.3 Å². The van der Waals surface area contributed by atoms with Crippen LogP contribution in [-0.4, -0.2) is 17.7 Å². The zero-order valence-corrected chi connectivity index (χ0v) is 20.5. The van der Waals surface area contributed by atoms with Crippen LogP contribution in [0.1, 0.15) is 27.0 Å². The third-order valence-electron chi connectivity index (χ3n) is 5.43. The van der Waals surface area contributed by atoms with E-state index in [0.717, 1.165) is 22.1 Å². The number of carbonyl (C=O) groups excluding carboxylic acids is 3. The molecular formula is C26H20Cl2FN3O3. The Kier molecular flexibility index (Phi) is 6.65. The highest BCUT2D eigenvalue weighted by Crippen LogP contribution is 2.33. The summed E-state index contributed by atoms with van der Waals surface area (Å²) in [5.74, 6) is -2.52. The Hall–Kier alpha value is -3.68.